The molecule has 4 heteroatoms. The van der Waals surface area contributed by atoms with Crippen LogP contribution in [0.4, 0.5) is 0 Å². The van der Waals surface area contributed by atoms with Gasteiger partial charge in [-0.1, -0.05) is 68.7 Å². The monoisotopic (exact) mass is 498 g/mol. The van der Waals surface area contributed by atoms with Gasteiger partial charge in [0.25, 0.3) is 0 Å². The van der Waals surface area contributed by atoms with Crippen molar-refractivity contribution in [2.45, 2.75) is 128 Å². The lowest BCUT2D eigenvalue weighted by molar-refractivity contribution is 0.0674. The molecule has 0 amide bonds. The van der Waals surface area contributed by atoms with Gasteiger partial charge >= 0.3 is 0 Å². The lowest BCUT2D eigenvalue weighted by Gasteiger charge is -2.26. The summed E-state index contributed by atoms with van der Waals surface area (Å²) in [5.74, 6) is 0. The number of aliphatic hydroxyl groups excluding tert-OH is 2. The van der Waals surface area contributed by atoms with Crippen LogP contribution in [0.25, 0.3) is 6.08 Å². The van der Waals surface area contributed by atoms with E-state index in [4.69, 9.17) is 0 Å². The van der Waals surface area contributed by atoms with Crippen molar-refractivity contribution in [3.8, 4) is 0 Å². The molecule has 2 rings (SSSR count). The summed E-state index contributed by atoms with van der Waals surface area (Å²) in [6.45, 7) is 11.5. The topological polar surface area (TPSA) is 80.9 Å². The quantitative estimate of drug-likeness (QED) is 0.222. The minimum atomic E-state index is -0.670. The third-order valence-electron chi connectivity index (χ3n) is 6.93. The summed E-state index contributed by atoms with van der Waals surface area (Å²) >= 11 is 0. The van der Waals surface area contributed by atoms with Gasteiger partial charge in [0, 0.05) is 6.42 Å². The molecule has 4 N–H and O–H groups in total. The van der Waals surface area contributed by atoms with E-state index in [1.165, 1.54) is 11.1 Å². The molecule has 1 aliphatic rings. The molecule has 1 fully saturated rings. The summed E-state index contributed by atoms with van der Waals surface area (Å²) in [6, 6.07) is 6.84. The van der Waals surface area contributed by atoms with Crippen LogP contribution in [0.2, 0.25) is 0 Å². The van der Waals surface area contributed by atoms with E-state index < -0.39 is 23.4 Å². The summed E-state index contributed by atoms with van der Waals surface area (Å²) in [5.41, 5.74) is 4.28. The fourth-order valence-electron chi connectivity index (χ4n) is 4.84. The van der Waals surface area contributed by atoms with E-state index >= 15 is 0 Å². The number of aryl methyl sites for hydroxylation is 2. The van der Waals surface area contributed by atoms with Gasteiger partial charge in [-0.3, -0.25) is 0 Å². The largest absolute Gasteiger partial charge is 0.393 e. The summed E-state index contributed by atoms with van der Waals surface area (Å²) in [6.07, 6.45) is 16.0. The molecule has 1 aliphatic carbocycles. The highest BCUT2D eigenvalue weighted by molar-refractivity contribution is 5.55. The van der Waals surface area contributed by atoms with Crippen molar-refractivity contribution in [1.82, 2.24) is 0 Å². The third kappa shape index (κ3) is 12.5. The number of hydrogen-bond acceptors (Lipinski definition) is 4. The third-order valence-corrected chi connectivity index (χ3v) is 6.93. The van der Waals surface area contributed by atoms with Crippen molar-refractivity contribution >= 4 is 6.08 Å². The van der Waals surface area contributed by atoms with Gasteiger partial charge in [-0.2, -0.15) is 0 Å². The Morgan fingerprint density at radius 2 is 1.36 bits per heavy atom. The minimum Gasteiger partial charge on any atom is -0.393 e. The maximum Gasteiger partial charge on any atom is 0.0811 e. The highest BCUT2D eigenvalue weighted by Gasteiger charge is 2.24. The molecule has 0 radical (unpaired) electrons. The Kier molecular flexibility index (Phi) is 12.1. The summed E-state index contributed by atoms with van der Waals surface area (Å²) in [5, 5.41) is 39.9. The van der Waals surface area contributed by atoms with Crippen LogP contribution in [0.5, 0.6) is 0 Å². The first-order valence-corrected chi connectivity index (χ1v) is 13.8. The van der Waals surface area contributed by atoms with Crippen molar-refractivity contribution in [3.63, 3.8) is 0 Å². The fourth-order valence-corrected chi connectivity index (χ4v) is 4.84. The summed E-state index contributed by atoms with van der Waals surface area (Å²) < 4.78 is 0. The standard InChI is InChI=1S/C32H50O4/c1-24-28(22-29(33)23-30(24)34)16-12-15-27-20-25(13-8-6-10-17-31(2,3)35)19-26(21-27)14-9-7-11-18-32(4,5)36/h12,15-16,19-21,29-30,33-36H,1,6-11,13-14,17-18,22-23H2,2-5H3/t29-,30+/m1/s1. The Morgan fingerprint density at radius 1 is 0.833 bits per heavy atom. The molecule has 0 bridgehead atoms. The Morgan fingerprint density at radius 3 is 1.86 bits per heavy atom. The molecule has 0 aliphatic heterocycles. The maximum atomic E-state index is 10.1. The van der Waals surface area contributed by atoms with E-state index in [0.717, 1.165) is 75.3 Å². The van der Waals surface area contributed by atoms with Crippen molar-refractivity contribution in [2.75, 3.05) is 0 Å². The molecular weight excluding hydrogens is 448 g/mol. The smallest absolute Gasteiger partial charge is 0.0811 e. The van der Waals surface area contributed by atoms with E-state index in [0.29, 0.717) is 18.4 Å². The molecular formula is C32H50O4. The van der Waals surface area contributed by atoms with Gasteiger partial charge in [-0.05, 0) is 100 Å². The van der Waals surface area contributed by atoms with Gasteiger partial charge in [0.15, 0.2) is 0 Å². The van der Waals surface area contributed by atoms with E-state index in [1.54, 1.807) is 0 Å². The predicted octanol–water partition coefficient (Wildman–Crippen LogP) is 6.45. The second-order valence-electron chi connectivity index (χ2n) is 12.0. The van der Waals surface area contributed by atoms with E-state index in [2.05, 4.69) is 30.9 Å². The van der Waals surface area contributed by atoms with Crippen LogP contribution in [0.1, 0.15) is 109 Å². The Balaban J connectivity index is 2.05. The van der Waals surface area contributed by atoms with Crippen LogP contribution >= 0.6 is 0 Å². The van der Waals surface area contributed by atoms with Gasteiger partial charge in [-0.25, -0.2) is 0 Å². The van der Waals surface area contributed by atoms with Gasteiger partial charge in [0.05, 0.1) is 23.4 Å². The Bertz CT molecular complexity index is 840. The van der Waals surface area contributed by atoms with Gasteiger partial charge < -0.3 is 20.4 Å². The number of unbranched alkanes of at least 4 members (excludes halogenated alkanes) is 4. The second kappa shape index (κ2) is 14.3. The fraction of sp³-hybridized carbons (Fsp3) is 0.625. The first-order valence-electron chi connectivity index (χ1n) is 13.8. The van der Waals surface area contributed by atoms with Crippen molar-refractivity contribution in [2.24, 2.45) is 0 Å². The minimum absolute atomic E-state index is 0.358. The van der Waals surface area contributed by atoms with Crippen molar-refractivity contribution < 1.29 is 20.4 Å². The molecule has 0 aromatic heterocycles. The van der Waals surface area contributed by atoms with Crippen LogP contribution in [-0.2, 0) is 12.8 Å². The molecule has 0 unspecified atom stereocenters. The number of rotatable bonds is 14. The SMILES string of the molecule is C=C1C(=CC=Cc2cc(CCCCCC(C)(C)O)cc(CCCCCC(C)(C)O)c2)C[C@@H](O)C[C@@H]1O. The zero-order chi connectivity index (χ0) is 26.8. The number of aliphatic hydroxyl groups is 4. The molecule has 4 nitrogen and oxygen atoms in total. The van der Waals surface area contributed by atoms with Crippen LogP contribution in [0, 0.1) is 0 Å². The van der Waals surface area contributed by atoms with Gasteiger partial charge in [0.2, 0.25) is 0 Å². The van der Waals surface area contributed by atoms with Crippen molar-refractivity contribution in [1.29, 1.82) is 0 Å². The zero-order valence-electron chi connectivity index (χ0n) is 23.1. The predicted molar refractivity (Wildman–Crippen MR) is 151 cm³/mol. The molecule has 0 heterocycles. The highest BCUT2D eigenvalue weighted by Crippen LogP contribution is 2.28. The number of hydrogen-bond donors (Lipinski definition) is 4. The Hall–Kier alpha value is -1.72. The molecule has 0 saturated heterocycles. The van der Waals surface area contributed by atoms with Crippen LogP contribution in [-0.4, -0.2) is 43.8 Å². The maximum absolute atomic E-state index is 10.1. The molecule has 0 spiro atoms. The average Bonchev–Trinajstić information content (AvgIpc) is 2.75. The average molecular weight is 499 g/mol. The zero-order valence-corrected chi connectivity index (χ0v) is 23.1. The second-order valence-corrected chi connectivity index (χ2v) is 12.0. The van der Waals surface area contributed by atoms with Crippen LogP contribution < -0.4 is 0 Å². The van der Waals surface area contributed by atoms with E-state index in [9.17, 15) is 20.4 Å². The lowest BCUT2D eigenvalue weighted by Crippen LogP contribution is -2.26. The Labute approximate surface area is 219 Å². The molecule has 1 aromatic carbocycles. The van der Waals surface area contributed by atoms with Crippen LogP contribution in [0.3, 0.4) is 0 Å². The normalized spacial score (nSPS) is 20.6. The highest BCUT2D eigenvalue weighted by atomic mass is 16.3. The van der Waals surface area contributed by atoms with E-state index in [-0.39, 0.29) is 0 Å². The van der Waals surface area contributed by atoms with E-state index in [1.807, 2.05) is 39.8 Å². The number of benzene rings is 1. The van der Waals surface area contributed by atoms with Gasteiger partial charge in [0.1, 0.15) is 0 Å². The van der Waals surface area contributed by atoms with Gasteiger partial charge in [-0.15, -0.1) is 0 Å². The molecule has 1 aromatic rings. The molecule has 202 valence electrons. The van der Waals surface area contributed by atoms with Crippen LogP contribution in [0.15, 0.2) is 48.1 Å². The lowest BCUT2D eigenvalue weighted by atomic mass is 9.86. The molecule has 36 heavy (non-hydrogen) atoms. The summed E-state index contributed by atoms with van der Waals surface area (Å²) in [4.78, 5) is 0. The summed E-state index contributed by atoms with van der Waals surface area (Å²) in [7, 11) is 0. The van der Waals surface area contributed by atoms with Crippen molar-refractivity contribution in [3.05, 3.63) is 64.8 Å². The number of allylic oxidation sites excluding steroid dienone is 2. The first kappa shape index (κ1) is 30.5. The molecule has 1 saturated carbocycles. The molecule has 2 atom stereocenters. The first-order chi connectivity index (χ1) is 16.8.